The van der Waals surface area contributed by atoms with E-state index in [9.17, 15) is 17.6 Å². The molecule has 2 N–H and O–H groups in total. The zero-order valence-corrected chi connectivity index (χ0v) is 10.4. The average Bonchev–Trinajstić information content (AvgIpc) is 2.22. The van der Waals surface area contributed by atoms with Crippen molar-refractivity contribution in [3.63, 3.8) is 0 Å². The van der Waals surface area contributed by atoms with Crippen LogP contribution in [0.4, 0.5) is 17.6 Å². The Labute approximate surface area is 106 Å². The number of thioether (sulfide) groups is 1. The van der Waals surface area contributed by atoms with Gasteiger partial charge in [-0.2, -0.15) is 13.2 Å². The van der Waals surface area contributed by atoms with Gasteiger partial charge in [0.1, 0.15) is 11.6 Å². The second-order valence-corrected chi connectivity index (χ2v) is 4.84. The molecular formula is C11H13F4NOS. The number of rotatable bonds is 5. The minimum Gasteiger partial charge on any atom is -0.508 e. The number of hydrogen-bond acceptors (Lipinski definition) is 3. The lowest BCUT2D eigenvalue weighted by Gasteiger charge is -2.15. The van der Waals surface area contributed by atoms with Crippen LogP contribution >= 0.6 is 11.8 Å². The van der Waals surface area contributed by atoms with Gasteiger partial charge in [-0.25, -0.2) is 4.39 Å². The maximum absolute atomic E-state index is 13.4. The van der Waals surface area contributed by atoms with Crippen molar-refractivity contribution in [2.24, 2.45) is 0 Å². The number of halogens is 4. The van der Waals surface area contributed by atoms with E-state index in [1.807, 2.05) is 0 Å². The van der Waals surface area contributed by atoms with Crippen molar-refractivity contribution in [1.29, 1.82) is 0 Å². The van der Waals surface area contributed by atoms with Crippen LogP contribution in [-0.4, -0.2) is 22.9 Å². The van der Waals surface area contributed by atoms with E-state index in [0.717, 1.165) is 6.07 Å². The van der Waals surface area contributed by atoms with E-state index >= 15 is 0 Å². The van der Waals surface area contributed by atoms with Crippen LogP contribution in [-0.2, 0) is 0 Å². The van der Waals surface area contributed by atoms with Gasteiger partial charge in [0, 0.05) is 30.0 Å². The number of phenols is 1. The molecule has 1 rings (SSSR count). The Morgan fingerprint density at radius 1 is 1.39 bits per heavy atom. The minimum atomic E-state index is -4.24. The molecule has 102 valence electrons. The zero-order chi connectivity index (χ0) is 13.8. The highest BCUT2D eigenvalue weighted by Crippen LogP contribution is 2.29. The second kappa shape index (κ2) is 6.29. The SMILES string of the molecule is CC(NCCSC(F)(F)F)c1ccc(O)cc1F. The lowest BCUT2D eigenvalue weighted by Crippen LogP contribution is -2.23. The van der Waals surface area contributed by atoms with Gasteiger partial charge in [-0.3, -0.25) is 0 Å². The first-order valence-electron chi connectivity index (χ1n) is 5.22. The molecule has 1 aromatic carbocycles. The largest absolute Gasteiger partial charge is 0.508 e. The number of benzene rings is 1. The Morgan fingerprint density at radius 3 is 2.61 bits per heavy atom. The Morgan fingerprint density at radius 2 is 2.06 bits per heavy atom. The van der Waals surface area contributed by atoms with Gasteiger partial charge < -0.3 is 10.4 Å². The van der Waals surface area contributed by atoms with Crippen LogP contribution in [0.2, 0.25) is 0 Å². The van der Waals surface area contributed by atoms with Crippen LogP contribution in [0.15, 0.2) is 18.2 Å². The van der Waals surface area contributed by atoms with Crippen LogP contribution in [0, 0.1) is 5.82 Å². The molecule has 0 spiro atoms. The van der Waals surface area contributed by atoms with Crippen LogP contribution < -0.4 is 5.32 Å². The summed E-state index contributed by atoms with van der Waals surface area (Å²) in [5, 5.41) is 11.8. The van der Waals surface area contributed by atoms with Crippen LogP contribution in [0.1, 0.15) is 18.5 Å². The monoisotopic (exact) mass is 283 g/mol. The first kappa shape index (κ1) is 15.1. The lowest BCUT2D eigenvalue weighted by molar-refractivity contribution is -0.0327. The quantitative estimate of drug-likeness (QED) is 0.641. The van der Waals surface area contributed by atoms with Gasteiger partial charge in [-0.15, -0.1) is 0 Å². The molecule has 0 heterocycles. The Bertz CT molecular complexity index is 397. The summed E-state index contributed by atoms with van der Waals surface area (Å²) in [7, 11) is 0. The summed E-state index contributed by atoms with van der Waals surface area (Å²) in [6, 6.07) is 3.29. The third-order valence-electron chi connectivity index (χ3n) is 2.27. The molecule has 1 aromatic rings. The number of alkyl halides is 3. The normalized spacial score (nSPS) is 13.6. The fraction of sp³-hybridized carbons (Fsp3) is 0.455. The number of nitrogens with one attached hydrogen (secondary N) is 1. The highest BCUT2D eigenvalue weighted by atomic mass is 32.2. The predicted octanol–water partition coefficient (Wildman–Crippen LogP) is 3.43. The van der Waals surface area contributed by atoms with Gasteiger partial charge in [0.05, 0.1) is 0 Å². The zero-order valence-electron chi connectivity index (χ0n) is 9.59. The van der Waals surface area contributed by atoms with Crippen molar-refractivity contribution in [2.75, 3.05) is 12.3 Å². The van der Waals surface area contributed by atoms with E-state index in [-0.39, 0.29) is 29.8 Å². The van der Waals surface area contributed by atoms with Crippen LogP contribution in [0.3, 0.4) is 0 Å². The summed E-state index contributed by atoms with van der Waals surface area (Å²) in [5.74, 6) is -0.900. The fourth-order valence-corrected chi connectivity index (χ4v) is 1.87. The molecule has 0 aliphatic carbocycles. The third-order valence-corrected chi connectivity index (χ3v) is 3.00. The number of aromatic hydroxyl groups is 1. The molecule has 0 aliphatic heterocycles. The number of phenolic OH excluding ortho intramolecular Hbond substituents is 1. The molecule has 0 saturated heterocycles. The Balaban J connectivity index is 2.43. The molecule has 0 saturated carbocycles. The van der Waals surface area contributed by atoms with Gasteiger partial charge in [-0.05, 0) is 24.8 Å². The smallest absolute Gasteiger partial charge is 0.441 e. The highest BCUT2D eigenvalue weighted by molar-refractivity contribution is 8.00. The molecule has 0 radical (unpaired) electrons. The molecule has 2 nitrogen and oxygen atoms in total. The molecule has 0 aromatic heterocycles. The first-order valence-corrected chi connectivity index (χ1v) is 6.20. The van der Waals surface area contributed by atoms with E-state index in [0.29, 0.717) is 5.56 Å². The van der Waals surface area contributed by atoms with E-state index in [4.69, 9.17) is 5.11 Å². The summed E-state index contributed by atoms with van der Waals surface area (Å²) in [4.78, 5) is 0. The van der Waals surface area contributed by atoms with Crippen molar-refractivity contribution >= 4 is 11.8 Å². The predicted molar refractivity (Wildman–Crippen MR) is 63.0 cm³/mol. The molecule has 0 amide bonds. The minimum absolute atomic E-state index is 0.117. The van der Waals surface area contributed by atoms with E-state index in [2.05, 4.69) is 5.32 Å². The summed E-state index contributed by atoms with van der Waals surface area (Å²) in [6.45, 7) is 1.76. The Kier molecular flexibility index (Phi) is 5.28. The van der Waals surface area contributed by atoms with Crippen molar-refractivity contribution in [3.8, 4) is 5.75 Å². The van der Waals surface area contributed by atoms with Gasteiger partial charge in [-0.1, -0.05) is 6.07 Å². The first-order chi connectivity index (χ1) is 8.29. The topological polar surface area (TPSA) is 32.3 Å². The average molecular weight is 283 g/mol. The summed E-state index contributed by atoms with van der Waals surface area (Å²) in [5.41, 5.74) is -3.93. The van der Waals surface area contributed by atoms with Crippen molar-refractivity contribution in [2.45, 2.75) is 18.5 Å². The van der Waals surface area contributed by atoms with Gasteiger partial charge in [0.25, 0.3) is 0 Å². The van der Waals surface area contributed by atoms with Gasteiger partial charge in [0.15, 0.2) is 0 Å². The van der Waals surface area contributed by atoms with Gasteiger partial charge in [0.2, 0.25) is 0 Å². The highest BCUT2D eigenvalue weighted by Gasteiger charge is 2.27. The fourth-order valence-electron chi connectivity index (χ4n) is 1.42. The van der Waals surface area contributed by atoms with Crippen molar-refractivity contribution < 1.29 is 22.7 Å². The molecule has 0 bridgehead atoms. The Hall–Kier alpha value is -0.950. The summed E-state index contributed by atoms with van der Waals surface area (Å²) in [6.07, 6.45) is 0. The standard InChI is InChI=1S/C11H13F4NOS/c1-7(16-4-5-18-11(13,14)15)9-3-2-8(17)6-10(9)12/h2-3,6-7,16-17H,4-5H2,1H3. The molecule has 0 aliphatic rings. The lowest BCUT2D eigenvalue weighted by atomic mass is 10.1. The summed E-state index contributed by atoms with van der Waals surface area (Å²) >= 11 is -0.119. The maximum atomic E-state index is 13.4. The molecular weight excluding hydrogens is 270 g/mol. The van der Waals surface area contributed by atoms with Crippen molar-refractivity contribution in [3.05, 3.63) is 29.6 Å². The number of hydrogen-bond donors (Lipinski definition) is 2. The summed E-state index contributed by atoms with van der Waals surface area (Å²) < 4.78 is 49.0. The van der Waals surface area contributed by atoms with E-state index < -0.39 is 17.4 Å². The maximum Gasteiger partial charge on any atom is 0.441 e. The van der Waals surface area contributed by atoms with Crippen LogP contribution in [0.5, 0.6) is 5.75 Å². The molecule has 7 heteroatoms. The van der Waals surface area contributed by atoms with E-state index in [1.54, 1.807) is 6.92 Å². The molecule has 18 heavy (non-hydrogen) atoms. The van der Waals surface area contributed by atoms with Gasteiger partial charge >= 0.3 is 5.51 Å². The molecule has 1 atom stereocenters. The van der Waals surface area contributed by atoms with Crippen molar-refractivity contribution in [1.82, 2.24) is 5.32 Å². The third kappa shape index (κ3) is 5.14. The second-order valence-electron chi connectivity index (χ2n) is 3.68. The van der Waals surface area contributed by atoms with Crippen LogP contribution in [0.25, 0.3) is 0 Å². The van der Waals surface area contributed by atoms with E-state index in [1.165, 1.54) is 12.1 Å². The molecule has 1 unspecified atom stereocenters. The molecule has 0 fully saturated rings.